The number of methoxy groups -OCH3 is 1. The number of nitrogens with one attached hydrogen (secondary N) is 1. The molecular weight excluding hydrogens is 380 g/mol. The molecule has 0 saturated carbocycles. The van der Waals surface area contributed by atoms with Gasteiger partial charge in [-0.1, -0.05) is 12.0 Å². The van der Waals surface area contributed by atoms with Gasteiger partial charge in [-0.25, -0.2) is 9.59 Å². The van der Waals surface area contributed by atoms with Crippen molar-refractivity contribution >= 4 is 17.8 Å². The molecule has 1 heterocycles. The zero-order chi connectivity index (χ0) is 21.7. The van der Waals surface area contributed by atoms with Crippen LogP contribution in [0.5, 0.6) is 11.5 Å². The summed E-state index contributed by atoms with van der Waals surface area (Å²) in [6, 6.07) is 2.83. The van der Waals surface area contributed by atoms with Crippen molar-refractivity contribution < 1.29 is 29.3 Å². The largest absolute Gasteiger partial charge is 0.493 e. The minimum Gasteiger partial charge on any atom is -0.493 e. The van der Waals surface area contributed by atoms with E-state index in [4.69, 9.17) is 21.6 Å². The minimum atomic E-state index is -1.61. The van der Waals surface area contributed by atoms with E-state index in [0.717, 1.165) is 0 Å². The number of benzene rings is 1. The zero-order valence-electron chi connectivity index (χ0n) is 15.4. The Kier molecular flexibility index (Phi) is 6.31. The Labute approximate surface area is 165 Å². The van der Waals surface area contributed by atoms with Crippen molar-refractivity contribution in [2.24, 2.45) is 0 Å². The number of nitrogens with two attached hydrogens (primary N) is 1. The van der Waals surface area contributed by atoms with Gasteiger partial charge < -0.3 is 30.4 Å². The minimum absolute atomic E-state index is 0.0570. The third kappa shape index (κ3) is 4.06. The van der Waals surface area contributed by atoms with E-state index in [1.165, 1.54) is 19.2 Å². The molecule has 150 valence electrons. The standard InChI is InChI=1S/C20H18N2O7/c1-4-6-10-8-11(9-12(28-3)16(10)29-7-5-2)13-14(19(24)25)17(21)22-18(23)15(13)20(26)27/h2,4,8-9H,1,6-7H2,3H3,(H,24,25)(H,26,27)(H3,21,22,23). The monoisotopic (exact) mass is 398 g/mol. The second kappa shape index (κ2) is 8.67. The molecule has 1 aromatic carbocycles. The van der Waals surface area contributed by atoms with Crippen molar-refractivity contribution in [2.75, 3.05) is 19.5 Å². The lowest BCUT2D eigenvalue weighted by Gasteiger charge is -2.18. The molecule has 0 aliphatic carbocycles. The number of hydrogen-bond acceptors (Lipinski definition) is 6. The predicted molar refractivity (Wildman–Crippen MR) is 106 cm³/mol. The van der Waals surface area contributed by atoms with E-state index in [1.54, 1.807) is 6.08 Å². The highest BCUT2D eigenvalue weighted by atomic mass is 16.5. The van der Waals surface area contributed by atoms with Crippen LogP contribution >= 0.6 is 0 Å². The number of H-pyrrole nitrogens is 1. The van der Waals surface area contributed by atoms with Crippen LogP contribution in [-0.4, -0.2) is 40.9 Å². The molecule has 0 bridgehead atoms. The highest BCUT2D eigenvalue weighted by Gasteiger charge is 2.28. The van der Waals surface area contributed by atoms with E-state index < -0.39 is 34.4 Å². The normalized spacial score (nSPS) is 10.1. The van der Waals surface area contributed by atoms with E-state index in [0.29, 0.717) is 11.3 Å². The average molecular weight is 398 g/mol. The SMILES string of the molecule is C#CCOc1c(CC=C)cc(-c2c(C(=O)O)c(N)[nH]c(=O)c2C(=O)O)cc1OC. The summed E-state index contributed by atoms with van der Waals surface area (Å²) in [7, 11) is 1.35. The van der Waals surface area contributed by atoms with Crippen LogP contribution in [-0.2, 0) is 6.42 Å². The molecule has 9 heteroatoms. The Hall–Kier alpha value is -4.19. The lowest BCUT2D eigenvalue weighted by atomic mass is 9.93. The summed E-state index contributed by atoms with van der Waals surface area (Å²) in [4.78, 5) is 37.8. The summed E-state index contributed by atoms with van der Waals surface area (Å²) in [5.41, 5.74) is 3.56. The molecule has 0 aliphatic rings. The van der Waals surface area contributed by atoms with Crippen molar-refractivity contribution in [1.29, 1.82) is 0 Å². The molecule has 29 heavy (non-hydrogen) atoms. The summed E-state index contributed by atoms with van der Waals surface area (Å²) in [6.45, 7) is 3.60. The Morgan fingerprint density at radius 1 is 1.31 bits per heavy atom. The topological polar surface area (TPSA) is 152 Å². The molecule has 0 fully saturated rings. The Morgan fingerprint density at radius 3 is 2.48 bits per heavy atom. The number of ether oxygens (including phenoxy) is 2. The van der Waals surface area contributed by atoms with Crippen LogP contribution in [0.25, 0.3) is 11.1 Å². The van der Waals surface area contributed by atoms with Gasteiger partial charge in [-0.2, -0.15) is 0 Å². The second-order valence-electron chi connectivity index (χ2n) is 5.76. The van der Waals surface area contributed by atoms with Crippen LogP contribution in [0.3, 0.4) is 0 Å². The number of terminal acetylenes is 1. The first-order valence-corrected chi connectivity index (χ1v) is 8.17. The van der Waals surface area contributed by atoms with Crippen molar-refractivity contribution in [1.82, 2.24) is 4.98 Å². The molecule has 0 amide bonds. The maximum absolute atomic E-state index is 12.2. The van der Waals surface area contributed by atoms with E-state index in [-0.39, 0.29) is 29.9 Å². The van der Waals surface area contributed by atoms with Crippen molar-refractivity contribution in [3.63, 3.8) is 0 Å². The zero-order valence-corrected chi connectivity index (χ0v) is 15.4. The number of rotatable bonds is 8. The van der Waals surface area contributed by atoms with Crippen LogP contribution in [0.1, 0.15) is 26.3 Å². The fraction of sp³-hybridized carbons (Fsp3) is 0.150. The van der Waals surface area contributed by atoms with Gasteiger partial charge in [-0.05, 0) is 24.1 Å². The van der Waals surface area contributed by atoms with Crippen LogP contribution < -0.4 is 20.8 Å². The lowest BCUT2D eigenvalue weighted by Crippen LogP contribution is -2.24. The summed E-state index contributed by atoms with van der Waals surface area (Å²) < 4.78 is 10.8. The van der Waals surface area contributed by atoms with Crippen LogP contribution in [0, 0.1) is 12.3 Å². The van der Waals surface area contributed by atoms with E-state index in [9.17, 15) is 24.6 Å². The number of aromatic nitrogens is 1. The number of allylic oxidation sites excluding steroid dienone is 1. The number of nitrogen functional groups attached to an aromatic ring is 1. The lowest BCUT2D eigenvalue weighted by molar-refractivity contribution is 0.0695. The molecule has 1 aromatic heterocycles. The predicted octanol–water partition coefficient (Wildman–Crippen LogP) is 1.77. The number of aromatic carboxylic acids is 2. The molecule has 0 spiro atoms. The maximum Gasteiger partial charge on any atom is 0.342 e. The van der Waals surface area contributed by atoms with Gasteiger partial charge in [-0.15, -0.1) is 13.0 Å². The summed E-state index contributed by atoms with van der Waals surface area (Å²) in [5.74, 6) is -0.805. The third-order valence-electron chi connectivity index (χ3n) is 3.98. The number of carboxylic acid groups (broad SMARTS) is 2. The van der Waals surface area contributed by atoms with E-state index in [1.807, 2.05) is 0 Å². The van der Waals surface area contributed by atoms with Gasteiger partial charge in [0.1, 0.15) is 23.6 Å². The van der Waals surface area contributed by atoms with Crippen molar-refractivity contribution in [2.45, 2.75) is 6.42 Å². The molecule has 2 aromatic rings. The van der Waals surface area contributed by atoms with Crippen molar-refractivity contribution in [3.05, 3.63) is 51.8 Å². The molecule has 2 rings (SSSR count). The molecule has 9 nitrogen and oxygen atoms in total. The number of carbonyl (C=O) groups is 2. The molecular formula is C20H18N2O7. The second-order valence-corrected chi connectivity index (χ2v) is 5.76. The Bertz CT molecular complexity index is 1090. The number of aromatic amines is 1. The smallest absolute Gasteiger partial charge is 0.342 e. The molecule has 0 unspecified atom stereocenters. The van der Waals surface area contributed by atoms with Crippen LogP contribution in [0.2, 0.25) is 0 Å². The van der Waals surface area contributed by atoms with Gasteiger partial charge in [0.2, 0.25) is 0 Å². The Balaban J connectivity index is 2.97. The van der Waals surface area contributed by atoms with Gasteiger partial charge in [0.25, 0.3) is 5.56 Å². The van der Waals surface area contributed by atoms with E-state index in [2.05, 4.69) is 17.5 Å². The number of hydrogen-bond donors (Lipinski definition) is 4. The summed E-state index contributed by atoms with van der Waals surface area (Å²) in [6.07, 6.45) is 7.06. The third-order valence-corrected chi connectivity index (χ3v) is 3.98. The fourth-order valence-electron chi connectivity index (χ4n) is 2.88. The van der Waals surface area contributed by atoms with Gasteiger partial charge in [0.05, 0.1) is 7.11 Å². The molecule has 0 atom stereocenters. The highest BCUT2D eigenvalue weighted by molar-refractivity contribution is 6.07. The van der Waals surface area contributed by atoms with E-state index >= 15 is 0 Å². The van der Waals surface area contributed by atoms with Gasteiger partial charge in [-0.3, -0.25) is 4.79 Å². The summed E-state index contributed by atoms with van der Waals surface area (Å²) >= 11 is 0. The number of pyridine rings is 1. The molecule has 0 saturated heterocycles. The first kappa shape index (κ1) is 21.1. The van der Waals surface area contributed by atoms with Gasteiger partial charge in [0.15, 0.2) is 11.5 Å². The van der Waals surface area contributed by atoms with Crippen LogP contribution in [0.15, 0.2) is 29.6 Å². The fourth-order valence-corrected chi connectivity index (χ4v) is 2.88. The van der Waals surface area contributed by atoms with Gasteiger partial charge in [0, 0.05) is 11.1 Å². The number of carboxylic acids is 2. The Morgan fingerprint density at radius 2 is 1.97 bits per heavy atom. The highest BCUT2D eigenvalue weighted by Crippen LogP contribution is 2.39. The molecule has 0 aliphatic heterocycles. The summed E-state index contributed by atoms with van der Waals surface area (Å²) in [5, 5.41) is 19.1. The quantitative estimate of drug-likeness (QED) is 0.388. The molecule has 0 radical (unpaired) electrons. The molecule has 5 N–H and O–H groups in total. The van der Waals surface area contributed by atoms with Gasteiger partial charge >= 0.3 is 11.9 Å². The number of anilines is 1. The first-order chi connectivity index (χ1) is 13.8. The first-order valence-electron chi connectivity index (χ1n) is 8.17. The average Bonchev–Trinajstić information content (AvgIpc) is 2.65. The van der Waals surface area contributed by atoms with Crippen molar-refractivity contribution in [3.8, 4) is 35.0 Å². The van der Waals surface area contributed by atoms with Crippen LogP contribution in [0.4, 0.5) is 5.82 Å². The maximum atomic E-state index is 12.2.